The largest absolute Gasteiger partial charge is 0.495 e. The molecule has 0 spiro atoms. The molecule has 0 saturated heterocycles. The van der Waals surface area contributed by atoms with Gasteiger partial charge in [-0.05, 0) is 82.5 Å². The average molecular weight is 566 g/mol. The van der Waals surface area contributed by atoms with E-state index in [1.807, 2.05) is 65.0 Å². The third-order valence-corrected chi connectivity index (χ3v) is 8.47. The lowest BCUT2D eigenvalue weighted by molar-refractivity contribution is -0.139. The van der Waals surface area contributed by atoms with Crippen molar-refractivity contribution in [2.24, 2.45) is 0 Å². The first-order chi connectivity index (χ1) is 18.8. The Morgan fingerprint density at radius 1 is 0.900 bits per heavy atom. The van der Waals surface area contributed by atoms with Crippen molar-refractivity contribution in [3.05, 3.63) is 89.0 Å². The lowest BCUT2D eigenvalue weighted by Crippen LogP contribution is -2.52. The Morgan fingerprint density at radius 2 is 1.52 bits per heavy atom. The first-order valence-corrected chi connectivity index (χ1v) is 14.7. The molecule has 0 saturated carbocycles. The fraction of sp³-hybridized carbons (Fsp3) is 0.355. The Kier molecular flexibility index (Phi) is 9.98. The number of rotatable bonds is 11. The maximum absolute atomic E-state index is 14.1. The molecule has 9 heteroatoms. The van der Waals surface area contributed by atoms with Gasteiger partial charge in [0.25, 0.3) is 10.0 Å². The first kappa shape index (κ1) is 30.7. The number of methoxy groups -OCH3 is 1. The molecule has 0 aliphatic rings. The SMILES string of the molecule is COc1ccc(C)cc1N(CC(=O)N(Cc1ccccc1C)C(C)C(=O)NC(C)C)S(=O)(=O)c1ccc(C)cc1. The minimum absolute atomic E-state index is 0.0468. The molecule has 8 nitrogen and oxygen atoms in total. The van der Waals surface area contributed by atoms with Gasteiger partial charge in [0, 0.05) is 12.6 Å². The Labute approximate surface area is 238 Å². The van der Waals surface area contributed by atoms with Crippen LogP contribution in [0.25, 0.3) is 0 Å². The molecule has 3 rings (SSSR count). The van der Waals surface area contributed by atoms with E-state index < -0.39 is 28.5 Å². The van der Waals surface area contributed by atoms with Crippen molar-refractivity contribution in [1.82, 2.24) is 10.2 Å². The summed E-state index contributed by atoms with van der Waals surface area (Å²) in [5.41, 5.74) is 3.77. The predicted octanol–water partition coefficient (Wildman–Crippen LogP) is 4.76. The minimum atomic E-state index is -4.19. The van der Waals surface area contributed by atoms with E-state index in [4.69, 9.17) is 4.74 Å². The van der Waals surface area contributed by atoms with Crippen molar-refractivity contribution >= 4 is 27.5 Å². The van der Waals surface area contributed by atoms with Crippen LogP contribution in [0.1, 0.15) is 43.0 Å². The Bertz CT molecular complexity index is 1450. The number of sulfonamides is 1. The zero-order valence-corrected chi connectivity index (χ0v) is 25.1. The lowest BCUT2D eigenvalue weighted by Gasteiger charge is -2.33. The van der Waals surface area contributed by atoms with Crippen LogP contribution in [0, 0.1) is 20.8 Å². The molecule has 0 aliphatic carbocycles. The van der Waals surface area contributed by atoms with Crippen LogP contribution in [-0.2, 0) is 26.2 Å². The van der Waals surface area contributed by atoms with Crippen LogP contribution in [0.4, 0.5) is 5.69 Å². The normalized spacial score (nSPS) is 12.1. The van der Waals surface area contributed by atoms with E-state index >= 15 is 0 Å². The topological polar surface area (TPSA) is 96.0 Å². The molecule has 1 N–H and O–H groups in total. The van der Waals surface area contributed by atoms with Gasteiger partial charge in [-0.15, -0.1) is 0 Å². The molecule has 214 valence electrons. The van der Waals surface area contributed by atoms with Gasteiger partial charge in [-0.3, -0.25) is 13.9 Å². The Balaban J connectivity index is 2.12. The van der Waals surface area contributed by atoms with Crippen LogP contribution >= 0.6 is 0 Å². The van der Waals surface area contributed by atoms with E-state index in [1.54, 1.807) is 31.2 Å². The summed E-state index contributed by atoms with van der Waals surface area (Å²) in [5, 5.41) is 2.87. The van der Waals surface area contributed by atoms with Gasteiger partial charge in [-0.1, -0.05) is 48.0 Å². The van der Waals surface area contributed by atoms with Crippen molar-refractivity contribution in [3.63, 3.8) is 0 Å². The third-order valence-electron chi connectivity index (χ3n) is 6.69. The van der Waals surface area contributed by atoms with E-state index in [-0.39, 0.29) is 29.1 Å². The lowest BCUT2D eigenvalue weighted by atomic mass is 10.1. The molecule has 40 heavy (non-hydrogen) atoms. The summed E-state index contributed by atoms with van der Waals surface area (Å²) >= 11 is 0. The highest BCUT2D eigenvalue weighted by Gasteiger charge is 2.34. The van der Waals surface area contributed by atoms with Gasteiger partial charge in [-0.2, -0.15) is 0 Å². The number of hydrogen-bond acceptors (Lipinski definition) is 5. The number of aryl methyl sites for hydroxylation is 3. The fourth-order valence-electron chi connectivity index (χ4n) is 4.30. The van der Waals surface area contributed by atoms with Gasteiger partial charge in [0.05, 0.1) is 17.7 Å². The quantitative estimate of drug-likeness (QED) is 0.362. The summed E-state index contributed by atoms with van der Waals surface area (Å²) in [4.78, 5) is 28.6. The molecule has 3 aromatic carbocycles. The van der Waals surface area contributed by atoms with E-state index in [1.165, 1.54) is 24.1 Å². The first-order valence-electron chi connectivity index (χ1n) is 13.2. The molecule has 1 atom stereocenters. The van der Waals surface area contributed by atoms with E-state index in [0.29, 0.717) is 5.75 Å². The summed E-state index contributed by atoms with van der Waals surface area (Å²) in [5.74, 6) is -0.531. The highest BCUT2D eigenvalue weighted by atomic mass is 32.2. The molecule has 2 amide bonds. The molecule has 1 unspecified atom stereocenters. The number of carbonyl (C=O) groups excluding carboxylic acids is 2. The van der Waals surface area contributed by atoms with E-state index in [2.05, 4.69) is 5.32 Å². The van der Waals surface area contributed by atoms with Gasteiger partial charge in [-0.25, -0.2) is 8.42 Å². The van der Waals surface area contributed by atoms with Crippen molar-refractivity contribution in [2.45, 2.75) is 65.1 Å². The molecule has 3 aromatic rings. The van der Waals surface area contributed by atoms with Crippen molar-refractivity contribution in [3.8, 4) is 5.75 Å². The number of anilines is 1. The number of benzene rings is 3. The number of hydrogen-bond donors (Lipinski definition) is 1. The maximum Gasteiger partial charge on any atom is 0.264 e. The summed E-state index contributed by atoms with van der Waals surface area (Å²) in [6.07, 6.45) is 0. The molecular weight excluding hydrogens is 526 g/mol. The van der Waals surface area contributed by atoms with E-state index in [0.717, 1.165) is 26.6 Å². The summed E-state index contributed by atoms with van der Waals surface area (Å²) in [7, 11) is -2.74. The van der Waals surface area contributed by atoms with Crippen LogP contribution < -0.4 is 14.4 Å². The number of nitrogens with zero attached hydrogens (tertiary/aromatic N) is 2. The van der Waals surface area contributed by atoms with Crippen LogP contribution in [-0.4, -0.2) is 50.9 Å². The van der Waals surface area contributed by atoms with Crippen LogP contribution in [0.3, 0.4) is 0 Å². The van der Waals surface area contributed by atoms with Gasteiger partial charge in [0.1, 0.15) is 18.3 Å². The highest BCUT2D eigenvalue weighted by molar-refractivity contribution is 7.92. The van der Waals surface area contributed by atoms with Gasteiger partial charge < -0.3 is 15.0 Å². The minimum Gasteiger partial charge on any atom is -0.495 e. The second-order valence-corrected chi connectivity index (χ2v) is 12.1. The number of carbonyl (C=O) groups is 2. The molecule has 0 aliphatic heterocycles. The second kappa shape index (κ2) is 13.0. The van der Waals surface area contributed by atoms with Gasteiger partial charge in [0.2, 0.25) is 11.8 Å². The molecule has 0 heterocycles. The van der Waals surface area contributed by atoms with Crippen LogP contribution in [0.15, 0.2) is 71.6 Å². The molecular formula is C31H39N3O5S. The Hall–Kier alpha value is -3.85. The zero-order chi connectivity index (χ0) is 29.6. The molecule has 0 radical (unpaired) electrons. The predicted molar refractivity (Wildman–Crippen MR) is 158 cm³/mol. The van der Waals surface area contributed by atoms with Gasteiger partial charge >= 0.3 is 0 Å². The van der Waals surface area contributed by atoms with Crippen LogP contribution in [0.5, 0.6) is 5.75 Å². The summed E-state index contributed by atoms with van der Waals surface area (Å²) in [6, 6.07) is 18.3. The standard InChI is InChI=1S/C31H39N3O5S/c1-21(2)32-31(36)25(6)33(19-26-11-9-8-10-24(26)5)30(35)20-34(28-18-23(4)14-17-29(28)39-7)40(37,38)27-15-12-22(3)13-16-27/h8-18,21,25H,19-20H2,1-7H3,(H,32,36). The number of nitrogens with one attached hydrogen (secondary N) is 1. The second-order valence-electron chi connectivity index (χ2n) is 10.3. The number of ether oxygens (including phenoxy) is 1. The molecule has 0 bridgehead atoms. The summed E-state index contributed by atoms with van der Waals surface area (Å²) in [6.45, 7) is 10.6. The third kappa shape index (κ3) is 7.21. The Morgan fingerprint density at radius 3 is 2.12 bits per heavy atom. The van der Waals surface area contributed by atoms with Crippen molar-refractivity contribution in [1.29, 1.82) is 0 Å². The smallest absolute Gasteiger partial charge is 0.264 e. The maximum atomic E-state index is 14.1. The zero-order valence-electron chi connectivity index (χ0n) is 24.3. The van der Waals surface area contributed by atoms with Crippen molar-refractivity contribution < 1.29 is 22.7 Å². The van der Waals surface area contributed by atoms with Crippen molar-refractivity contribution in [2.75, 3.05) is 18.0 Å². The highest BCUT2D eigenvalue weighted by Crippen LogP contribution is 2.34. The molecule has 0 fully saturated rings. The van der Waals surface area contributed by atoms with Crippen LogP contribution in [0.2, 0.25) is 0 Å². The number of amides is 2. The van der Waals surface area contributed by atoms with Gasteiger partial charge in [0.15, 0.2) is 0 Å². The molecule has 0 aromatic heterocycles. The van der Waals surface area contributed by atoms with E-state index in [9.17, 15) is 18.0 Å². The average Bonchev–Trinajstić information content (AvgIpc) is 2.90. The fourth-order valence-corrected chi connectivity index (χ4v) is 5.72. The summed E-state index contributed by atoms with van der Waals surface area (Å²) < 4.78 is 34.7. The monoisotopic (exact) mass is 565 g/mol.